The number of nitrogens with two attached hydrogens (primary N) is 1. The smallest absolute Gasteiger partial charge is 0.407 e. The number of carbonyl (C=O) groups is 2. The first kappa shape index (κ1) is 27.0. The lowest BCUT2D eigenvalue weighted by Crippen LogP contribution is -2.37. The Balaban J connectivity index is 0.00000113. The van der Waals surface area contributed by atoms with Gasteiger partial charge in [-0.05, 0) is 57.4 Å². The second-order valence-electron chi connectivity index (χ2n) is 7.43. The van der Waals surface area contributed by atoms with Gasteiger partial charge in [0.1, 0.15) is 11.4 Å². The summed E-state index contributed by atoms with van der Waals surface area (Å²) in [6.07, 6.45) is 0.382. The van der Waals surface area contributed by atoms with Crippen molar-refractivity contribution in [3.05, 3.63) is 28.8 Å². The van der Waals surface area contributed by atoms with Crippen LogP contribution in [-0.4, -0.2) is 54.2 Å². The molecule has 1 aromatic carbocycles. The zero-order chi connectivity index (χ0) is 22.6. The molecule has 166 valence electrons. The maximum Gasteiger partial charge on any atom is 0.407 e. The van der Waals surface area contributed by atoms with E-state index >= 15 is 0 Å². The highest BCUT2D eigenvalue weighted by molar-refractivity contribution is 6.30. The Bertz CT molecular complexity index is 644. The topological polar surface area (TPSA) is 131 Å². The summed E-state index contributed by atoms with van der Waals surface area (Å²) >= 11 is 5.94. The molecule has 8 nitrogen and oxygen atoms in total. The molecule has 1 aromatic rings. The zero-order valence-electron chi connectivity index (χ0n) is 17.7. The van der Waals surface area contributed by atoms with E-state index in [0.29, 0.717) is 16.3 Å². The molecule has 0 bridgehead atoms. The lowest BCUT2D eigenvalue weighted by molar-refractivity contribution is -0.141. The molecule has 0 saturated heterocycles. The number of methoxy groups -OCH3 is 1. The van der Waals surface area contributed by atoms with E-state index < -0.39 is 23.6 Å². The first-order valence-electron chi connectivity index (χ1n) is 9.31. The van der Waals surface area contributed by atoms with Gasteiger partial charge in [-0.2, -0.15) is 0 Å². The second-order valence-corrected chi connectivity index (χ2v) is 7.87. The van der Waals surface area contributed by atoms with Crippen molar-refractivity contribution >= 4 is 23.7 Å². The fourth-order valence-corrected chi connectivity index (χ4v) is 2.26. The minimum absolute atomic E-state index is 0.00926. The van der Waals surface area contributed by atoms with Gasteiger partial charge in [0.2, 0.25) is 0 Å². The molecule has 9 heteroatoms. The highest BCUT2D eigenvalue weighted by atomic mass is 35.5. The number of carboxylic acid groups (broad SMARTS) is 1. The number of aliphatic hydroxyl groups excluding tert-OH is 1. The van der Waals surface area contributed by atoms with Crippen LogP contribution in [0.3, 0.4) is 0 Å². The van der Waals surface area contributed by atoms with Crippen molar-refractivity contribution in [3.8, 4) is 5.75 Å². The summed E-state index contributed by atoms with van der Waals surface area (Å²) in [5.41, 5.74) is 5.25. The third-order valence-electron chi connectivity index (χ3n) is 3.71. The molecule has 0 heterocycles. The van der Waals surface area contributed by atoms with Crippen LogP contribution in [0.15, 0.2) is 18.2 Å². The maximum absolute atomic E-state index is 11.6. The molecule has 0 saturated carbocycles. The Morgan fingerprint density at radius 2 is 1.93 bits per heavy atom. The van der Waals surface area contributed by atoms with Crippen LogP contribution in [0.2, 0.25) is 5.02 Å². The van der Waals surface area contributed by atoms with Gasteiger partial charge in [0.15, 0.2) is 0 Å². The normalized spacial score (nSPS) is 12.8. The number of carboxylic acids is 1. The Hall–Kier alpha value is -2.03. The predicted octanol–water partition coefficient (Wildman–Crippen LogP) is 2.83. The molecule has 0 aliphatic heterocycles. The quantitative estimate of drug-likeness (QED) is 0.496. The minimum atomic E-state index is -1.02. The number of ether oxygens (including phenoxy) is 2. The number of rotatable bonds is 8. The highest BCUT2D eigenvalue weighted by Gasteiger charge is 2.23. The van der Waals surface area contributed by atoms with Crippen LogP contribution in [0.25, 0.3) is 0 Å². The van der Waals surface area contributed by atoms with Crippen LogP contribution in [0.4, 0.5) is 4.79 Å². The van der Waals surface area contributed by atoms with Crippen molar-refractivity contribution in [1.29, 1.82) is 0 Å². The van der Waals surface area contributed by atoms with Gasteiger partial charge in [-0.15, -0.1) is 0 Å². The molecule has 1 amide bonds. The van der Waals surface area contributed by atoms with Gasteiger partial charge in [-0.3, -0.25) is 4.79 Å². The summed E-state index contributed by atoms with van der Waals surface area (Å²) in [6.45, 7) is 7.20. The maximum atomic E-state index is 11.6. The van der Waals surface area contributed by atoms with Gasteiger partial charge < -0.3 is 30.7 Å². The van der Waals surface area contributed by atoms with E-state index in [1.54, 1.807) is 39.0 Å². The number of hydrogen-bond acceptors (Lipinski definition) is 6. The van der Waals surface area contributed by atoms with Gasteiger partial charge in [-0.25, -0.2) is 4.79 Å². The van der Waals surface area contributed by atoms with E-state index in [0.717, 1.165) is 6.42 Å². The van der Waals surface area contributed by atoms with Crippen LogP contribution in [0.5, 0.6) is 5.75 Å². The van der Waals surface area contributed by atoms with E-state index in [4.69, 9.17) is 31.9 Å². The number of alkyl carbamates (subject to hydrolysis) is 1. The van der Waals surface area contributed by atoms with Crippen LogP contribution >= 0.6 is 11.6 Å². The second kappa shape index (κ2) is 13.2. The first-order valence-corrected chi connectivity index (χ1v) is 9.69. The molecule has 2 atom stereocenters. The molecule has 1 unspecified atom stereocenters. The van der Waals surface area contributed by atoms with Crippen LogP contribution in [0.1, 0.15) is 39.7 Å². The number of aliphatic carboxylic acids is 1. The summed E-state index contributed by atoms with van der Waals surface area (Å²) in [7, 11) is 1.50. The zero-order valence-corrected chi connectivity index (χ0v) is 18.5. The van der Waals surface area contributed by atoms with Crippen molar-refractivity contribution in [2.24, 2.45) is 11.7 Å². The van der Waals surface area contributed by atoms with Crippen LogP contribution in [0, 0.1) is 5.92 Å². The van der Waals surface area contributed by atoms with Crippen LogP contribution in [-0.2, 0) is 16.0 Å². The fraction of sp³-hybridized carbons (Fsp3) is 0.600. The SMILES string of the molecule is CCC(N)CO.COc1ccc(Cl)cc1C[C@@H](CNC(=O)OC(C)(C)C)C(=O)O. The number of halogens is 1. The largest absolute Gasteiger partial charge is 0.496 e. The Kier molecular flexibility index (Phi) is 12.3. The van der Waals surface area contributed by atoms with Gasteiger partial charge in [0, 0.05) is 17.6 Å². The number of aliphatic hydroxyl groups is 1. The van der Waals surface area contributed by atoms with Gasteiger partial charge >= 0.3 is 12.1 Å². The van der Waals surface area contributed by atoms with Crippen molar-refractivity contribution in [2.75, 3.05) is 20.3 Å². The number of hydrogen-bond donors (Lipinski definition) is 4. The molecule has 5 N–H and O–H groups in total. The average Bonchev–Trinajstić information content (AvgIpc) is 2.63. The number of nitrogens with one attached hydrogen (secondary N) is 1. The summed E-state index contributed by atoms with van der Waals surface area (Å²) in [5.74, 6) is -1.30. The number of benzene rings is 1. The van der Waals surface area contributed by atoms with Crippen LogP contribution < -0.4 is 15.8 Å². The van der Waals surface area contributed by atoms with E-state index in [-0.39, 0.29) is 25.6 Å². The molecule has 0 fully saturated rings. The Morgan fingerprint density at radius 3 is 2.34 bits per heavy atom. The van der Waals surface area contributed by atoms with Crippen molar-refractivity contribution < 1.29 is 29.3 Å². The molecule has 1 rings (SSSR count). The lowest BCUT2D eigenvalue weighted by Gasteiger charge is -2.21. The monoisotopic (exact) mass is 432 g/mol. The molecule has 0 radical (unpaired) electrons. The minimum Gasteiger partial charge on any atom is -0.496 e. The molecular formula is C20H33ClN2O6. The fourth-order valence-electron chi connectivity index (χ4n) is 2.07. The summed E-state index contributed by atoms with van der Waals surface area (Å²) in [5, 5.41) is 20.5. The van der Waals surface area contributed by atoms with E-state index in [1.165, 1.54) is 7.11 Å². The first-order chi connectivity index (χ1) is 13.4. The molecule has 29 heavy (non-hydrogen) atoms. The predicted molar refractivity (Wildman–Crippen MR) is 112 cm³/mol. The number of amides is 1. The molecule has 0 spiro atoms. The van der Waals surface area contributed by atoms with Crippen molar-refractivity contribution in [3.63, 3.8) is 0 Å². The third kappa shape index (κ3) is 12.2. The highest BCUT2D eigenvalue weighted by Crippen LogP contribution is 2.25. The van der Waals surface area contributed by atoms with Crippen molar-refractivity contribution in [2.45, 2.75) is 52.2 Å². The Morgan fingerprint density at radius 1 is 1.31 bits per heavy atom. The van der Waals surface area contributed by atoms with Gasteiger partial charge in [0.25, 0.3) is 0 Å². The van der Waals surface area contributed by atoms with Crippen molar-refractivity contribution in [1.82, 2.24) is 5.32 Å². The van der Waals surface area contributed by atoms with Gasteiger partial charge in [0.05, 0.1) is 19.6 Å². The molecular weight excluding hydrogens is 400 g/mol. The average molecular weight is 433 g/mol. The van der Waals surface area contributed by atoms with E-state index in [1.807, 2.05) is 6.92 Å². The van der Waals surface area contributed by atoms with E-state index in [2.05, 4.69) is 5.32 Å². The molecule has 0 aliphatic rings. The van der Waals surface area contributed by atoms with E-state index in [9.17, 15) is 14.7 Å². The van der Waals surface area contributed by atoms with Gasteiger partial charge in [-0.1, -0.05) is 18.5 Å². The molecule has 0 aliphatic carbocycles. The summed E-state index contributed by atoms with van der Waals surface area (Å²) in [6, 6.07) is 4.99. The third-order valence-corrected chi connectivity index (χ3v) is 3.94. The summed E-state index contributed by atoms with van der Waals surface area (Å²) < 4.78 is 10.3. The lowest BCUT2D eigenvalue weighted by atomic mass is 9.98. The standard InChI is InChI=1S/C16H22ClNO5.C4H11NO/c1-16(2,3)23-15(21)18-9-11(14(19)20)7-10-8-12(17)5-6-13(10)22-4;1-2-4(5)3-6/h5-6,8,11H,7,9H2,1-4H3,(H,18,21)(H,19,20);4,6H,2-3,5H2,1H3/t11-;/m0./s1. The Labute approximate surface area is 177 Å². The number of carbonyl (C=O) groups excluding carboxylic acids is 1. The molecule has 0 aromatic heterocycles. The summed E-state index contributed by atoms with van der Waals surface area (Å²) in [4.78, 5) is 23.1.